The Balaban J connectivity index is 2.18. The van der Waals surface area contributed by atoms with Crippen LogP contribution in [-0.2, 0) is 0 Å². The largest absolute Gasteiger partial charge is 0.398 e. The molecule has 0 aliphatic carbocycles. The number of likely N-dealkylation sites (N-methyl/N-ethyl adjacent to an activating group) is 1. The van der Waals surface area contributed by atoms with Crippen molar-refractivity contribution in [3.8, 4) is 0 Å². The Bertz CT molecular complexity index is 496. The summed E-state index contributed by atoms with van der Waals surface area (Å²) >= 11 is 0. The van der Waals surface area contributed by atoms with E-state index in [1.54, 1.807) is 6.07 Å². The molecule has 1 saturated heterocycles. The smallest absolute Gasteiger partial charge is 0.254 e. The van der Waals surface area contributed by atoms with Gasteiger partial charge in [0.1, 0.15) is 0 Å². The van der Waals surface area contributed by atoms with Gasteiger partial charge in [-0.05, 0) is 45.5 Å². The Morgan fingerprint density at radius 2 is 2.00 bits per heavy atom. The van der Waals surface area contributed by atoms with Gasteiger partial charge in [0.15, 0.2) is 0 Å². The first-order valence-electron chi connectivity index (χ1n) is 6.68. The lowest BCUT2D eigenvalue weighted by Crippen LogP contribution is -2.58. The second kappa shape index (κ2) is 4.85. The summed E-state index contributed by atoms with van der Waals surface area (Å²) in [4.78, 5) is 16.7. The van der Waals surface area contributed by atoms with Crippen molar-refractivity contribution >= 4 is 11.6 Å². The molecule has 1 aromatic rings. The van der Waals surface area contributed by atoms with Crippen molar-refractivity contribution in [2.75, 3.05) is 32.4 Å². The van der Waals surface area contributed by atoms with Crippen molar-refractivity contribution in [1.82, 2.24) is 9.80 Å². The molecule has 19 heavy (non-hydrogen) atoms. The van der Waals surface area contributed by atoms with Crippen molar-refractivity contribution in [1.29, 1.82) is 0 Å². The second-order valence-corrected chi connectivity index (χ2v) is 6.03. The van der Waals surface area contributed by atoms with Crippen molar-refractivity contribution in [3.05, 3.63) is 29.3 Å². The Hall–Kier alpha value is -1.55. The zero-order valence-corrected chi connectivity index (χ0v) is 12.2. The fraction of sp³-hybridized carbons (Fsp3) is 0.533. The number of aryl methyl sites for hydroxylation is 1. The van der Waals surface area contributed by atoms with E-state index in [9.17, 15) is 4.79 Å². The van der Waals surface area contributed by atoms with Gasteiger partial charge in [0.05, 0.1) is 0 Å². The fourth-order valence-corrected chi connectivity index (χ4v) is 2.37. The van der Waals surface area contributed by atoms with E-state index in [0.29, 0.717) is 11.3 Å². The van der Waals surface area contributed by atoms with Crippen LogP contribution in [0.4, 0.5) is 5.69 Å². The first kappa shape index (κ1) is 13.9. The lowest BCUT2D eigenvalue weighted by Gasteiger charge is -2.45. The molecule has 4 nitrogen and oxygen atoms in total. The molecule has 1 aromatic carbocycles. The molecule has 1 aliphatic heterocycles. The van der Waals surface area contributed by atoms with E-state index in [1.807, 2.05) is 24.0 Å². The Morgan fingerprint density at radius 1 is 1.32 bits per heavy atom. The van der Waals surface area contributed by atoms with Gasteiger partial charge in [0.2, 0.25) is 0 Å². The molecule has 1 fully saturated rings. The third-order valence-electron chi connectivity index (χ3n) is 4.13. The molecule has 2 rings (SSSR count). The van der Waals surface area contributed by atoms with Gasteiger partial charge >= 0.3 is 0 Å². The molecule has 0 unspecified atom stereocenters. The van der Waals surface area contributed by atoms with Gasteiger partial charge in [-0.15, -0.1) is 0 Å². The van der Waals surface area contributed by atoms with Crippen LogP contribution in [-0.4, -0.2) is 47.9 Å². The second-order valence-electron chi connectivity index (χ2n) is 6.03. The van der Waals surface area contributed by atoms with E-state index in [-0.39, 0.29) is 11.4 Å². The van der Waals surface area contributed by atoms with Crippen LogP contribution < -0.4 is 5.73 Å². The molecule has 0 saturated carbocycles. The normalized spacial score (nSPS) is 19.5. The maximum Gasteiger partial charge on any atom is 0.254 e. The number of nitrogens with two attached hydrogens (primary N) is 1. The predicted octanol–water partition coefficient (Wildman–Crippen LogP) is 1.74. The predicted molar refractivity (Wildman–Crippen MR) is 78.2 cm³/mol. The number of nitrogen functional groups attached to an aromatic ring is 1. The molecule has 4 heteroatoms. The number of carbonyl (C=O) groups is 1. The van der Waals surface area contributed by atoms with Gasteiger partial charge in [0.25, 0.3) is 5.91 Å². The first-order valence-corrected chi connectivity index (χ1v) is 6.68. The van der Waals surface area contributed by atoms with Crippen LogP contribution in [0.2, 0.25) is 0 Å². The minimum Gasteiger partial charge on any atom is -0.398 e. The van der Waals surface area contributed by atoms with E-state index >= 15 is 0 Å². The van der Waals surface area contributed by atoms with Crippen LogP contribution in [0.5, 0.6) is 0 Å². The third-order valence-corrected chi connectivity index (χ3v) is 4.13. The zero-order chi connectivity index (χ0) is 14.2. The Labute approximate surface area is 115 Å². The molecule has 0 atom stereocenters. The lowest BCUT2D eigenvalue weighted by molar-refractivity contribution is 0.0311. The summed E-state index contributed by atoms with van der Waals surface area (Å²) < 4.78 is 0. The molecule has 104 valence electrons. The summed E-state index contributed by atoms with van der Waals surface area (Å²) in [6.07, 6.45) is 0. The Kier molecular flexibility index (Phi) is 3.54. The SMILES string of the molecule is Cc1ccc(C(=O)N2CCN(C)C(C)(C)C2)cc1N. The molecular formula is C15H23N3O. The van der Waals surface area contributed by atoms with E-state index in [4.69, 9.17) is 5.73 Å². The number of rotatable bonds is 1. The zero-order valence-electron chi connectivity index (χ0n) is 12.2. The van der Waals surface area contributed by atoms with Gasteiger partial charge in [-0.2, -0.15) is 0 Å². The third kappa shape index (κ3) is 2.73. The number of nitrogens with zero attached hydrogens (tertiary/aromatic N) is 2. The summed E-state index contributed by atoms with van der Waals surface area (Å²) in [6.45, 7) is 8.69. The van der Waals surface area contributed by atoms with Crippen molar-refractivity contribution in [3.63, 3.8) is 0 Å². The molecule has 0 bridgehead atoms. The van der Waals surface area contributed by atoms with Crippen molar-refractivity contribution < 1.29 is 4.79 Å². The highest BCUT2D eigenvalue weighted by atomic mass is 16.2. The maximum absolute atomic E-state index is 12.5. The molecule has 0 radical (unpaired) electrons. The van der Waals surface area contributed by atoms with E-state index in [1.165, 1.54) is 0 Å². The van der Waals surface area contributed by atoms with Crippen LogP contribution in [0, 0.1) is 6.92 Å². The van der Waals surface area contributed by atoms with Gasteiger partial charge in [0, 0.05) is 36.4 Å². The minimum atomic E-state index is 0.0180. The highest BCUT2D eigenvalue weighted by Crippen LogP contribution is 2.21. The average molecular weight is 261 g/mol. The highest BCUT2D eigenvalue weighted by Gasteiger charge is 2.33. The topological polar surface area (TPSA) is 49.6 Å². The number of piperazine rings is 1. The number of amides is 1. The molecule has 1 amide bonds. The molecule has 0 aromatic heterocycles. The molecule has 2 N–H and O–H groups in total. The Morgan fingerprint density at radius 3 is 2.58 bits per heavy atom. The van der Waals surface area contributed by atoms with Gasteiger partial charge in [-0.3, -0.25) is 9.69 Å². The summed E-state index contributed by atoms with van der Waals surface area (Å²) in [7, 11) is 2.10. The molecule has 0 spiro atoms. The van der Waals surface area contributed by atoms with Crippen LogP contribution in [0.3, 0.4) is 0 Å². The number of benzene rings is 1. The van der Waals surface area contributed by atoms with E-state index < -0.39 is 0 Å². The van der Waals surface area contributed by atoms with Crippen molar-refractivity contribution in [2.45, 2.75) is 26.3 Å². The van der Waals surface area contributed by atoms with Gasteiger partial charge < -0.3 is 10.6 Å². The highest BCUT2D eigenvalue weighted by molar-refractivity contribution is 5.95. The van der Waals surface area contributed by atoms with E-state index in [2.05, 4.69) is 25.8 Å². The van der Waals surface area contributed by atoms with Crippen LogP contribution in [0.1, 0.15) is 29.8 Å². The fourth-order valence-electron chi connectivity index (χ4n) is 2.37. The number of anilines is 1. The summed E-state index contributed by atoms with van der Waals surface area (Å²) in [5.41, 5.74) is 8.28. The monoisotopic (exact) mass is 261 g/mol. The number of hydrogen-bond donors (Lipinski definition) is 1. The summed E-state index contributed by atoms with van der Waals surface area (Å²) in [5.74, 6) is 0.0767. The summed E-state index contributed by atoms with van der Waals surface area (Å²) in [6, 6.07) is 5.55. The lowest BCUT2D eigenvalue weighted by atomic mass is 9.99. The minimum absolute atomic E-state index is 0.0180. The van der Waals surface area contributed by atoms with Gasteiger partial charge in [-0.1, -0.05) is 6.07 Å². The van der Waals surface area contributed by atoms with Crippen LogP contribution in [0.15, 0.2) is 18.2 Å². The average Bonchev–Trinajstić information content (AvgIpc) is 2.35. The quantitative estimate of drug-likeness (QED) is 0.783. The maximum atomic E-state index is 12.5. The standard InChI is InChI=1S/C15H23N3O/c1-11-5-6-12(9-13(11)16)14(19)18-8-7-17(4)15(2,3)10-18/h5-6,9H,7-8,10,16H2,1-4H3. The molecular weight excluding hydrogens is 238 g/mol. The van der Waals surface area contributed by atoms with E-state index in [0.717, 1.165) is 25.2 Å². The first-order chi connectivity index (χ1) is 8.81. The number of hydrogen-bond acceptors (Lipinski definition) is 3. The number of carbonyl (C=O) groups excluding carboxylic acids is 1. The van der Waals surface area contributed by atoms with Crippen LogP contribution in [0.25, 0.3) is 0 Å². The van der Waals surface area contributed by atoms with Crippen molar-refractivity contribution in [2.24, 2.45) is 0 Å². The molecule has 1 heterocycles. The molecule has 1 aliphatic rings. The summed E-state index contributed by atoms with van der Waals surface area (Å²) in [5, 5.41) is 0. The van der Waals surface area contributed by atoms with Crippen LogP contribution >= 0.6 is 0 Å². The van der Waals surface area contributed by atoms with Gasteiger partial charge in [-0.25, -0.2) is 0 Å².